The number of rotatable bonds is 5. The summed E-state index contributed by atoms with van der Waals surface area (Å²) in [6, 6.07) is 11.7. The largest absolute Gasteiger partial charge is 0.376 e. The van der Waals surface area contributed by atoms with E-state index in [0.717, 1.165) is 41.2 Å². The number of carbonyl (C=O) groups is 2. The minimum atomic E-state index is -0.102. The molecule has 0 bridgehead atoms. The second-order valence-electron chi connectivity index (χ2n) is 6.80. The molecule has 2 amide bonds. The van der Waals surface area contributed by atoms with Crippen molar-refractivity contribution in [3.05, 3.63) is 53.1 Å². The molecule has 0 unspecified atom stereocenters. The number of anilines is 3. The number of benzene rings is 2. The van der Waals surface area contributed by atoms with E-state index in [2.05, 4.69) is 10.6 Å². The highest BCUT2D eigenvalue weighted by Crippen LogP contribution is 2.29. The number of hydrogen-bond acceptors (Lipinski definition) is 3. The molecule has 5 heteroatoms. The van der Waals surface area contributed by atoms with Gasteiger partial charge in [-0.15, -0.1) is 0 Å². The Kier molecular flexibility index (Phi) is 5.26. The zero-order chi connectivity index (χ0) is 18.7. The third kappa shape index (κ3) is 3.87. The molecule has 136 valence electrons. The van der Waals surface area contributed by atoms with Crippen molar-refractivity contribution in [2.75, 3.05) is 28.6 Å². The fraction of sp³-hybridized carbons (Fsp3) is 0.333. The summed E-state index contributed by atoms with van der Waals surface area (Å²) in [6.45, 7) is 6.98. The number of hydrogen-bond donors (Lipinski definition) is 2. The highest BCUT2D eigenvalue weighted by molar-refractivity contribution is 5.97. The van der Waals surface area contributed by atoms with Crippen molar-refractivity contribution < 1.29 is 9.59 Å². The van der Waals surface area contributed by atoms with E-state index in [1.165, 1.54) is 5.56 Å². The maximum absolute atomic E-state index is 12.2. The third-order valence-electron chi connectivity index (χ3n) is 4.90. The minimum absolute atomic E-state index is 0.102. The molecule has 1 saturated heterocycles. The number of aryl methyl sites for hydroxylation is 2. The summed E-state index contributed by atoms with van der Waals surface area (Å²) in [7, 11) is 0. The summed E-state index contributed by atoms with van der Waals surface area (Å²) in [5.41, 5.74) is 5.93. The third-order valence-corrected chi connectivity index (χ3v) is 4.90. The van der Waals surface area contributed by atoms with E-state index in [-0.39, 0.29) is 18.4 Å². The van der Waals surface area contributed by atoms with E-state index in [9.17, 15) is 9.59 Å². The average Bonchev–Trinajstić information content (AvgIpc) is 3.03. The van der Waals surface area contributed by atoms with Crippen LogP contribution in [-0.2, 0) is 9.59 Å². The van der Waals surface area contributed by atoms with E-state index >= 15 is 0 Å². The number of nitrogens with zero attached hydrogens (tertiary/aromatic N) is 1. The van der Waals surface area contributed by atoms with Crippen LogP contribution in [0.2, 0.25) is 0 Å². The summed E-state index contributed by atoms with van der Waals surface area (Å²) < 4.78 is 0. The van der Waals surface area contributed by atoms with Gasteiger partial charge in [-0.25, -0.2) is 0 Å². The molecule has 1 aliphatic heterocycles. The van der Waals surface area contributed by atoms with Gasteiger partial charge < -0.3 is 15.5 Å². The Balaban J connectivity index is 1.65. The van der Waals surface area contributed by atoms with Gasteiger partial charge in [0.25, 0.3) is 0 Å². The molecule has 0 aromatic heterocycles. The Morgan fingerprint density at radius 3 is 2.62 bits per heavy atom. The Bertz CT molecular complexity index is 845. The molecule has 2 aromatic rings. The maximum Gasteiger partial charge on any atom is 0.243 e. The normalized spacial score (nSPS) is 13.8. The SMILES string of the molecule is Cc1ccc(NC(=O)CNc2cccc(N3CCCC3=O)c2C)cc1C. The van der Waals surface area contributed by atoms with Crippen LogP contribution in [0.5, 0.6) is 0 Å². The molecule has 0 radical (unpaired) electrons. The Morgan fingerprint density at radius 2 is 1.92 bits per heavy atom. The predicted octanol–water partition coefficient (Wildman–Crippen LogP) is 3.79. The van der Waals surface area contributed by atoms with Crippen LogP contribution in [0.3, 0.4) is 0 Å². The smallest absolute Gasteiger partial charge is 0.243 e. The molecule has 0 aliphatic carbocycles. The Morgan fingerprint density at radius 1 is 1.12 bits per heavy atom. The Hall–Kier alpha value is -2.82. The first-order valence-electron chi connectivity index (χ1n) is 8.96. The topological polar surface area (TPSA) is 61.4 Å². The quantitative estimate of drug-likeness (QED) is 0.861. The second kappa shape index (κ2) is 7.60. The van der Waals surface area contributed by atoms with Gasteiger partial charge in [-0.3, -0.25) is 9.59 Å². The highest BCUT2D eigenvalue weighted by Gasteiger charge is 2.23. The van der Waals surface area contributed by atoms with Crippen molar-refractivity contribution in [1.82, 2.24) is 0 Å². The number of amides is 2. The first-order valence-corrected chi connectivity index (χ1v) is 8.96. The molecule has 3 rings (SSSR count). The van der Waals surface area contributed by atoms with E-state index < -0.39 is 0 Å². The number of nitrogens with one attached hydrogen (secondary N) is 2. The van der Waals surface area contributed by atoms with Crippen LogP contribution >= 0.6 is 0 Å². The molecule has 0 spiro atoms. The minimum Gasteiger partial charge on any atom is -0.376 e. The maximum atomic E-state index is 12.2. The summed E-state index contributed by atoms with van der Waals surface area (Å²) in [4.78, 5) is 26.1. The van der Waals surface area contributed by atoms with E-state index in [1.54, 1.807) is 0 Å². The number of carbonyl (C=O) groups excluding carboxylic acids is 2. The summed E-state index contributed by atoms with van der Waals surface area (Å²) >= 11 is 0. The standard InChI is InChI=1S/C21H25N3O2/c1-14-9-10-17(12-15(14)2)23-20(25)13-22-18-6-4-7-19(16(18)3)24-11-5-8-21(24)26/h4,6-7,9-10,12,22H,5,8,11,13H2,1-3H3,(H,23,25). The lowest BCUT2D eigenvalue weighted by Crippen LogP contribution is -2.25. The van der Waals surface area contributed by atoms with Crippen LogP contribution in [0.4, 0.5) is 17.1 Å². The summed E-state index contributed by atoms with van der Waals surface area (Å²) in [6.07, 6.45) is 1.50. The molecular weight excluding hydrogens is 326 g/mol. The summed E-state index contributed by atoms with van der Waals surface area (Å²) in [5.74, 6) is 0.0630. The van der Waals surface area contributed by atoms with Crippen LogP contribution in [-0.4, -0.2) is 24.9 Å². The van der Waals surface area contributed by atoms with Gasteiger partial charge in [-0.05, 0) is 68.1 Å². The van der Waals surface area contributed by atoms with E-state index in [4.69, 9.17) is 0 Å². The van der Waals surface area contributed by atoms with Crippen LogP contribution in [0.15, 0.2) is 36.4 Å². The van der Waals surface area contributed by atoms with Gasteiger partial charge in [0.1, 0.15) is 0 Å². The van der Waals surface area contributed by atoms with Gasteiger partial charge in [-0.1, -0.05) is 12.1 Å². The van der Waals surface area contributed by atoms with Gasteiger partial charge in [-0.2, -0.15) is 0 Å². The zero-order valence-electron chi connectivity index (χ0n) is 15.6. The van der Waals surface area contributed by atoms with Crippen molar-refractivity contribution in [2.45, 2.75) is 33.6 Å². The zero-order valence-corrected chi connectivity index (χ0v) is 15.6. The average molecular weight is 351 g/mol. The van der Waals surface area contributed by atoms with Gasteiger partial charge in [0, 0.05) is 30.0 Å². The van der Waals surface area contributed by atoms with Crippen LogP contribution in [0.25, 0.3) is 0 Å². The van der Waals surface area contributed by atoms with Crippen LogP contribution < -0.4 is 15.5 Å². The van der Waals surface area contributed by atoms with E-state index in [0.29, 0.717) is 6.42 Å². The van der Waals surface area contributed by atoms with Crippen molar-refractivity contribution in [1.29, 1.82) is 0 Å². The molecule has 0 saturated carbocycles. The highest BCUT2D eigenvalue weighted by atomic mass is 16.2. The fourth-order valence-electron chi connectivity index (χ4n) is 3.21. The lowest BCUT2D eigenvalue weighted by molar-refractivity contribution is -0.117. The van der Waals surface area contributed by atoms with Gasteiger partial charge in [0.15, 0.2) is 0 Å². The molecule has 1 fully saturated rings. The van der Waals surface area contributed by atoms with Gasteiger partial charge in [0.2, 0.25) is 11.8 Å². The molecular formula is C21H25N3O2. The van der Waals surface area contributed by atoms with Crippen LogP contribution in [0, 0.1) is 20.8 Å². The first-order chi connectivity index (χ1) is 12.5. The molecule has 0 atom stereocenters. The fourth-order valence-corrected chi connectivity index (χ4v) is 3.21. The molecule has 5 nitrogen and oxygen atoms in total. The molecule has 1 heterocycles. The van der Waals surface area contributed by atoms with Gasteiger partial charge in [0.05, 0.1) is 6.54 Å². The molecule has 2 aromatic carbocycles. The first kappa shape index (κ1) is 18.0. The van der Waals surface area contributed by atoms with Crippen molar-refractivity contribution in [3.8, 4) is 0 Å². The van der Waals surface area contributed by atoms with Crippen molar-refractivity contribution in [2.24, 2.45) is 0 Å². The Labute approximate surface area is 154 Å². The monoisotopic (exact) mass is 351 g/mol. The lowest BCUT2D eigenvalue weighted by atomic mass is 10.1. The molecule has 2 N–H and O–H groups in total. The second-order valence-corrected chi connectivity index (χ2v) is 6.80. The molecule has 1 aliphatic rings. The van der Waals surface area contributed by atoms with Gasteiger partial charge >= 0.3 is 0 Å². The predicted molar refractivity (Wildman–Crippen MR) is 106 cm³/mol. The van der Waals surface area contributed by atoms with Crippen molar-refractivity contribution >= 4 is 28.9 Å². The lowest BCUT2D eigenvalue weighted by Gasteiger charge is -2.20. The van der Waals surface area contributed by atoms with E-state index in [1.807, 2.05) is 62.1 Å². The molecule has 26 heavy (non-hydrogen) atoms. The summed E-state index contributed by atoms with van der Waals surface area (Å²) in [5, 5.41) is 6.10. The van der Waals surface area contributed by atoms with Crippen LogP contribution in [0.1, 0.15) is 29.5 Å². The van der Waals surface area contributed by atoms with Crippen molar-refractivity contribution in [3.63, 3.8) is 0 Å².